The summed E-state index contributed by atoms with van der Waals surface area (Å²) in [7, 11) is 1.43. The molecule has 4 rings (SSSR count). The van der Waals surface area contributed by atoms with Crippen LogP contribution in [0.3, 0.4) is 0 Å². The monoisotopic (exact) mass is 527 g/mol. The van der Waals surface area contributed by atoms with Gasteiger partial charge >= 0.3 is 6.18 Å². The van der Waals surface area contributed by atoms with E-state index in [0.717, 1.165) is 5.56 Å². The van der Waals surface area contributed by atoms with Crippen LogP contribution >= 0.6 is 0 Å². The van der Waals surface area contributed by atoms with Crippen molar-refractivity contribution in [1.82, 2.24) is 9.78 Å². The molecule has 0 bridgehead atoms. The fraction of sp³-hybridized carbons (Fsp3) is 0.308. The van der Waals surface area contributed by atoms with Crippen LogP contribution in [0.4, 0.5) is 18.9 Å². The number of amides is 2. The van der Waals surface area contributed by atoms with Gasteiger partial charge in [-0.15, -0.1) is 0 Å². The molecule has 1 unspecified atom stereocenters. The van der Waals surface area contributed by atoms with Gasteiger partial charge in [-0.3, -0.25) is 14.3 Å². The number of nitriles is 1. The topological polar surface area (TPSA) is 123 Å². The molecule has 12 heteroatoms. The Kier molecular flexibility index (Phi) is 7.41. The number of aromatic nitrogens is 2. The Morgan fingerprint density at radius 1 is 1.24 bits per heavy atom. The molecular weight excluding hydrogens is 503 g/mol. The SMILES string of the molecule is COc1ccc(-c2nn3c(c2C(N)=O)C(=O)N(c2ccc(CCOCC(F)(F)F)cc2)C(C)C3)cc1C#N. The average molecular weight is 528 g/mol. The lowest BCUT2D eigenvalue weighted by molar-refractivity contribution is -0.173. The predicted molar refractivity (Wildman–Crippen MR) is 131 cm³/mol. The molecule has 1 aliphatic heterocycles. The van der Waals surface area contributed by atoms with Crippen molar-refractivity contribution in [2.45, 2.75) is 32.1 Å². The number of anilines is 1. The Morgan fingerprint density at radius 3 is 2.55 bits per heavy atom. The van der Waals surface area contributed by atoms with Crippen molar-refractivity contribution >= 4 is 17.5 Å². The van der Waals surface area contributed by atoms with Crippen LogP contribution in [0.1, 0.15) is 38.9 Å². The average Bonchev–Trinajstić information content (AvgIpc) is 3.26. The quantitative estimate of drug-likeness (QED) is 0.446. The van der Waals surface area contributed by atoms with Gasteiger partial charge in [0, 0.05) is 11.3 Å². The summed E-state index contributed by atoms with van der Waals surface area (Å²) < 4.78 is 48.0. The lowest BCUT2D eigenvalue weighted by atomic mass is 10.0. The number of methoxy groups -OCH3 is 1. The lowest BCUT2D eigenvalue weighted by Crippen LogP contribution is -2.47. The van der Waals surface area contributed by atoms with E-state index in [4.69, 9.17) is 10.5 Å². The number of carbonyl (C=O) groups is 2. The summed E-state index contributed by atoms with van der Waals surface area (Å²) in [4.78, 5) is 27.7. The minimum atomic E-state index is -4.38. The molecule has 2 heterocycles. The van der Waals surface area contributed by atoms with E-state index in [0.29, 0.717) is 17.0 Å². The van der Waals surface area contributed by atoms with Crippen LogP contribution in [-0.4, -0.2) is 54.1 Å². The molecular formula is C26H24F3N5O4. The molecule has 0 aliphatic carbocycles. The predicted octanol–water partition coefficient (Wildman–Crippen LogP) is 3.70. The molecule has 2 aromatic carbocycles. The van der Waals surface area contributed by atoms with Crippen LogP contribution in [-0.2, 0) is 17.7 Å². The summed E-state index contributed by atoms with van der Waals surface area (Å²) >= 11 is 0. The first-order valence-electron chi connectivity index (χ1n) is 11.6. The Labute approximate surface area is 216 Å². The molecule has 0 saturated carbocycles. The van der Waals surface area contributed by atoms with Crippen LogP contribution in [0.2, 0.25) is 0 Å². The number of rotatable bonds is 8. The number of fused-ring (bicyclic) bond motifs is 1. The number of primary amides is 1. The van der Waals surface area contributed by atoms with Gasteiger partial charge in [0.05, 0.1) is 37.4 Å². The van der Waals surface area contributed by atoms with Gasteiger partial charge in [0.2, 0.25) is 0 Å². The second-order valence-electron chi connectivity index (χ2n) is 8.75. The zero-order valence-electron chi connectivity index (χ0n) is 20.6. The van der Waals surface area contributed by atoms with Crippen molar-refractivity contribution in [2.24, 2.45) is 5.73 Å². The Hall–Kier alpha value is -4.37. The molecule has 0 spiro atoms. The highest BCUT2D eigenvalue weighted by Crippen LogP contribution is 2.34. The maximum atomic E-state index is 13.7. The number of nitrogens with two attached hydrogens (primary N) is 1. The number of hydrogen-bond acceptors (Lipinski definition) is 6. The molecule has 1 aliphatic rings. The van der Waals surface area contributed by atoms with E-state index in [1.165, 1.54) is 22.8 Å². The summed E-state index contributed by atoms with van der Waals surface area (Å²) in [5, 5.41) is 14.0. The Bertz CT molecular complexity index is 1410. The highest BCUT2D eigenvalue weighted by Gasteiger charge is 2.38. The molecule has 198 valence electrons. The zero-order valence-corrected chi connectivity index (χ0v) is 20.6. The second-order valence-corrected chi connectivity index (χ2v) is 8.75. The van der Waals surface area contributed by atoms with Gasteiger partial charge < -0.3 is 20.1 Å². The third-order valence-electron chi connectivity index (χ3n) is 6.11. The third kappa shape index (κ3) is 5.33. The first kappa shape index (κ1) is 26.7. The molecule has 0 fully saturated rings. The molecule has 2 amide bonds. The number of nitrogens with zero attached hydrogens (tertiary/aromatic N) is 4. The van der Waals surface area contributed by atoms with E-state index < -0.39 is 24.6 Å². The van der Waals surface area contributed by atoms with Crippen molar-refractivity contribution < 1.29 is 32.2 Å². The Morgan fingerprint density at radius 2 is 1.95 bits per heavy atom. The molecule has 2 N–H and O–H groups in total. The van der Waals surface area contributed by atoms with Crippen molar-refractivity contribution in [2.75, 3.05) is 25.2 Å². The van der Waals surface area contributed by atoms with Crippen LogP contribution in [0, 0.1) is 11.3 Å². The normalized spacial score (nSPS) is 15.2. The van der Waals surface area contributed by atoms with Gasteiger partial charge in [-0.25, -0.2) is 0 Å². The first-order chi connectivity index (χ1) is 18.0. The molecule has 1 aromatic heterocycles. The first-order valence-corrected chi connectivity index (χ1v) is 11.6. The number of alkyl halides is 3. The van der Waals surface area contributed by atoms with Crippen LogP contribution in [0.15, 0.2) is 42.5 Å². The van der Waals surface area contributed by atoms with Gasteiger partial charge in [0.15, 0.2) is 0 Å². The van der Waals surface area contributed by atoms with Crippen LogP contribution in [0.5, 0.6) is 5.75 Å². The molecule has 0 saturated heterocycles. The fourth-order valence-corrected chi connectivity index (χ4v) is 4.41. The van der Waals surface area contributed by atoms with E-state index in [1.54, 1.807) is 36.4 Å². The number of benzene rings is 2. The summed E-state index contributed by atoms with van der Waals surface area (Å²) in [6.45, 7) is 0.694. The summed E-state index contributed by atoms with van der Waals surface area (Å²) in [5.41, 5.74) is 7.81. The molecule has 9 nitrogen and oxygen atoms in total. The third-order valence-corrected chi connectivity index (χ3v) is 6.11. The maximum absolute atomic E-state index is 13.7. The highest BCUT2D eigenvalue weighted by molar-refractivity contribution is 6.15. The van der Waals surface area contributed by atoms with Gasteiger partial charge in [-0.2, -0.15) is 23.5 Å². The zero-order chi connectivity index (χ0) is 27.6. The van der Waals surface area contributed by atoms with Crippen molar-refractivity contribution in [3.8, 4) is 23.1 Å². The van der Waals surface area contributed by atoms with Crippen molar-refractivity contribution in [3.05, 3.63) is 64.8 Å². The van der Waals surface area contributed by atoms with E-state index in [9.17, 15) is 28.0 Å². The van der Waals surface area contributed by atoms with E-state index in [-0.39, 0.29) is 48.1 Å². The van der Waals surface area contributed by atoms with Gasteiger partial charge in [-0.05, 0) is 49.2 Å². The number of hydrogen-bond donors (Lipinski definition) is 1. The molecule has 0 radical (unpaired) electrons. The number of carbonyl (C=O) groups excluding carboxylic acids is 2. The summed E-state index contributed by atoms with van der Waals surface area (Å²) in [5.74, 6) is -0.966. The van der Waals surface area contributed by atoms with E-state index in [2.05, 4.69) is 9.84 Å². The highest BCUT2D eigenvalue weighted by atomic mass is 19.4. The van der Waals surface area contributed by atoms with Crippen LogP contribution in [0.25, 0.3) is 11.3 Å². The minimum Gasteiger partial charge on any atom is -0.495 e. The maximum Gasteiger partial charge on any atom is 0.411 e. The minimum absolute atomic E-state index is 0.0320. The second kappa shape index (κ2) is 10.5. The largest absolute Gasteiger partial charge is 0.495 e. The standard InChI is InChI=1S/C26H24F3N5O4/c1-15-13-33-23(21(24(31)35)22(32-33)17-5-8-20(37-2)18(11-17)12-30)25(36)34(15)19-6-3-16(4-7-19)9-10-38-14-26(27,28)29/h3-8,11,15H,9-10,13-14H2,1-2H3,(H2,31,35). The van der Waals surface area contributed by atoms with Gasteiger partial charge in [0.1, 0.15) is 29.8 Å². The lowest BCUT2D eigenvalue weighted by Gasteiger charge is -2.34. The van der Waals surface area contributed by atoms with E-state index >= 15 is 0 Å². The number of halogens is 3. The van der Waals surface area contributed by atoms with Crippen LogP contribution < -0.4 is 15.4 Å². The van der Waals surface area contributed by atoms with Gasteiger partial charge in [0.25, 0.3) is 11.8 Å². The smallest absolute Gasteiger partial charge is 0.411 e. The summed E-state index contributed by atoms with van der Waals surface area (Å²) in [6.07, 6.45) is -4.11. The van der Waals surface area contributed by atoms with Gasteiger partial charge in [-0.1, -0.05) is 12.1 Å². The number of ether oxygens (including phenoxy) is 2. The molecule has 3 aromatic rings. The van der Waals surface area contributed by atoms with Crippen molar-refractivity contribution in [3.63, 3.8) is 0 Å². The van der Waals surface area contributed by atoms with Crippen molar-refractivity contribution in [1.29, 1.82) is 5.26 Å². The fourth-order valence-electron chi connectivity index (χ4n) is 4.41. The molecule has 38 heavy (non-hydrogen) atoms. The molecule has 1 atom stereocenters. The Balaban J connectivity index is 1.63. The van der Waals surface area contributed by atoms with E-state index in [1.807, 2.05) is 13.0 Å². The summed E-state index contributed by atoms with van der Waals surface area (Å²) in [6, 6.07) is 13.2.